The van der Waals surface area contributed by atoms with Crippen molar-refractivity contribution in [3.63, 3.8) is 0 Å². The van der Waals surface area contributed by atoms with Crippen molar-refractivity contribution in [2.45, 2.75) is 52.2 Å². The van der Waals surface area contributed by atoms with E-state index < -0.39 is 0 Å². The van der Waals surface area contributed by atoms with Crippen molar-refractivity contribution < 1.29 is 4.74 Å². The van der Waals surface area contributed by atoms with Gasteiger partial charge in [0, 0.05) is 8.90 Å². The van der Waals surface area contributed by atoms with Crippen LogP contribution in [0.2, 0.25) is 0 Å². The number of hydrogen-bond donors (Lipinski definition) is 0. The van der Waals surface area contributed by atoms with Crippen LogP contribution in [0, 0.1) is 11.3 Å². The quantitative estimate of drug-likeness (QED) is 0.394. The van der Waals surface area contributed by atoms with Crippen molar-refractivity contribution in [2.24, 2.45) is 11.3 Å². The molecule has 1 aromatic rings. The molecular weight excluding hydrogens is 427 g/mol. The van der Waals surface area contributed by atoms with Crippen LogP contribution < -0.4 is 0 Å². The van der Waals surface area contributed by atoms with E-state index in [9.17, 15) is 0 Å². The molecular formula is C17H24BrIO. The molecule has 1 saturated carbocycles. The van der Waals surface area contributed by atoms with Gasteiger partial charge in [0.15, 0.2) is 0 Å². The predicted octanol–water partition coefficient (Wildman–Crippen LogP) is 6.16. The Bertz CT molecular complexity index is 446. The maximum Gasteiger partial charge on any atom is 0.0928 e. The Morgan fingerprint density at radius 2 is 2.05 bits per heavy atom. The minimum atomic E-state index is 0.192. The largest absolute Gasteiger partial charge is 0.369 e. The molecule has 1 fully saturated rings. The normalized spacial score (nSPS) is 27.2. The molecule has 112 valence electrons. The molecule has 3 heteroatoms. The minimum absolute atomic E-state index is 0.192. The van der Waals surface area contributed by atoms with Crippen molar-refractivity contribution in [3.05, 3.63) is 34.3 Å². The van der Waals surface area contributed by atoms with Crippen LogP contribution >= 0.6 is 38.5 Å². The Kier molecular flexibility index (Phi) is 5.95. The lowest BCUT2D eigenvalue weighted by Crippen LogP contribution is -2.33. The molecule has 20 heavy (non-hydrogen) atoms. The van der Waals surface area contributed by atoms with E-state index in [4.69, 9.17) is 4.74 Å². The van der Waals surface area contributed by atoms with Gasteiger partial charge in [0.1, 0.15) is 0 Å². The monoisotopic (exact) mass is 450 g/mol. The third kappa shape index (κ3) is 4.44. The zero-order valence-corrected chi connectivity index (χ0v) is 16.3. The van der Waals surface area contributed by atoms with E-state index in [0.717, 1.165) is 14.8 Å². The molecule has 0 aliphatic heterocycles. The highest BCUT2D eigenvalue weighted by atomic mass is 127. The van der Waals surface area contributed by atoms with Crippen molar-refractivity contribution in [3.8, 4) is 0 Å². The molecule has 0 saturated heterocycles. The molecule has 0 N–H and O–H groups in total. The molecule has 3 atom stereocenters. The fourth-order valence-corrected chi connectivity index (χ4v) is 4.75. The standard InChI is InChI=1S/C17H24BrIO/c1-12-8-13(10-17(2,3)9-12)20-16(11-19)14-6-4-5-7-15(14)18/h4-7,12-13,16H,8-11H2,1-3H3. The van der Waals surface area contributed by atoms with E-state index in [1.54, 1.807) is 0 Å². The van der Waals surface area contributed by atoms with E-state index in [1.807, 2.05) is 0 Å². The van der Waals surface area contributed by atoms with Crippen LogP contribution in [0.1, 0.15) is 51.7 Å². The fraction of sp³-hybridized carbons (Fsp3) is 0.647. The van der Waals surface area contributed by atoms with Gasteiger partial charge < -0.3 is 4.74 Å². The second kappa shape index (κ2) is 7.10. The Balaban J connectivity index is 2.09. The fourth-order valence-electron chi connectivity index (χ4n) is 3.52. The average Bonchev–Trinajstić information content (AvgIpc) is 2.34. The van der Waals surface area contributed by atoms with Gasteiger partial charge in [-0.05, 0) is 42.2 Å². The average molecular weight is 451 g/mol. The molecule has 0 spiro atoms. The van der Waals surface area contributed by atoms with E-state index in [2.05, 4.69) is 83.6 Å². The summed E-state index contributed by atoms with van der Waals surface area (Å²) in [6.45, 7) is 7.10. The van der Waals surface area contributed by atoms with E-state index >= 15 is 0 Å². The van der Waals surface area contributed by atoms with Gasteiger partial charge in [-0.2, -0.15) is 0 Å². The number of benzene rings is 1. The lowest BCUT2D eigenvalue weighted by Gasteiger charge is -2.40. The van der Waals surface area contributed by atoms with Gasteiger partial charge >= 0.3 is 0 Å². The van der Waals surface area contributed by atoms with Gasteiger partial charge in [-0.1, -0.05) is 77.5 Å². The summed E-state index contributed by atoms with van der Waals surface area (Å²) in [6, 6.07) is 8.43. The van der Waals surface area contributed by atoms with Crippen LogP contribution in [0.15, 0.2) is 28.7 Å². The van der Waals surface area contributed by atoms with Crippen molar-refractivity contribution in [2.75, 3.05) is 4.43 Å². The van der Waals surface area contributed by atoms with Crippen molar-refractivity contribution >= 4 is 38.5 Å². The summed E-state index contributed by atoms with van der Waals surface area (Å²) in [6.07, 6.45) is 4.27. The number of rotatable bonds is 4. The first-order valence-electron chi connectivity index (χ1n) is 7.37. The summed E-state index contributed by atoms with van der Waals surface area (Å²) in [4.78, 5) is 0. The van der Waals surface area contributed by atoms with Crippen molar-refractivity contribution in [1.82, 2.24) is 0 Å². The topological polar surface area (TPSA) is 9.23 Å². The summed E-state index contributed by atoms with van der Waals surface area (Å²) >= 11 is 6.09. The maximum absolute atomic E-state index is 6.48. The van der Waals surface area contributed by atoms with E-state index in [0.29, 0.717) is 11.5 Å². The van der Waals surface area contributed by atoms with Crippen LogP contribution in [0.4, 0.5) is 0 Å². The highest BCUT2D eigenvalue weighted by Gasteiger charge is 2.34. The molecule has 3 unspecified atom stereocenters. The van der Waals surface area contributed by atoms with Gasteiger partial charge in [-0.15, -0.1) is 0 Å². The molecule has 1 aliphatic carbocycles. The van der Waals surface area contributed by atoms with Crippen molar-refractivity contribution in [1.29, 1.82) is 0 Å². The molecule has 0 radical (unpaired) electrons. The van der Waals surface area contributed by atoms with Crippen LogP contribution in [0.25, 0.3) is 0 Å². The van der Waals surface area contributed by atoms with Gasteiger partial charge in [0.2, 0.25) is 0 Å². The predicted molar refractivity (Wildman–Crippen MR) is 97.4 cm³/mol. The molecule has 0 heterocycles. The van der Waals surface area contributed by atoms with Gasteiger partial charge in [0.05, 0.1) is 12.2 Å². The second-order valence-corrected chi connectivity index (χ2v) is 8.57. The summed E-state index contributed by atoms with van der Waals surface area (Å²) in [5.74, 6) is 0.762. The zero-order valence-electron chi connectivity index (χ0n) is 12.5. The van der Waals surface area contributed by atoms with Crippen LogP contribution in [-0.4, -0.2) is 10.5 Å². The Morgan fingerprint density at radius 3 is 2.65 bits per heavy atom. The highest BCUT2D eigenvalue weighted by Crippen LogP contribution is 2.41. The zero-order chi connectivity index (χ0) is 14.8. The van der Waals surface area contributed by atoms with Gasteiger partial charge in [-0.3, -0.25) is 0 Å². The number of halogens is 2. The first-order chi connectivity index (χ1) is 9.41. The summed E-state index contributed by atoms with van der Waals surface area (Å²) in [5.41, 5.74) is 1.68. The SMILES string of the molecule is CC1CC(OC(CI)c2ccccc2Br)CC(C)(C)C1. The second-order valence-electron chi connectivity index (χ2n) is 6.84. The van der Waals surface area contributed by atoms with Crippen LogP contribution in [0.5, 0.6) is 0 Å². The van der Waals surface area contributed by atoms with Crippen LogP contribution in [0.3, 0.4) is 0 Å². The third-order valence-corrected chi connectivity index (χ3v) is 5.62. The number of hydrogen-bond acceptors (Lipinski definition) is 1. The van der Waals surface area contributed by atoms with Gasteiger partial charge in [0.25, 0.3) is 0 Å². The number of ether oxygens (including phenoxy) is 1. The Hall–Kier alpha value is 0.390. The molecule has 0 aromatic heterocycles. The third-order valence-electron chi connectivity index (χ3n) is 4.10. The van der Waals surface area contributed by atoms with Crippen LogP contribution in [-0.2, 0) is 4.74 Å². The summed E-state index contributed by atoms with van der Waals surface area (Å²) < 4.78 is 8.62. The molecule has 1 aliphatic rings. The van der Waals surface area contributed by atoms with E-state index in [-0.39, 0.29) is 6.10 Å². The molecule has 1 nitrogen and oxygen atoms in total. The lowest BCUT2D eigenvalue weighted by atomic mass is 9.71. The highest BCUT2D eigenvalue weighted by molar-refractivity contribution is 14.1. The summed E-state index contributed by atoms with van der Waals surface area (Å²) in [5, 5.41) is 0. The first kappa shape index (κ1) is 16.8. The Labute approximate surface area is 145 Å². The molecule has 1 aromatic carbocycles. The molecule has 0 bridgehead atoms. The molecule has 0 amide bonds. The molecule has 2 rings (SSSR count). The summed E-state index contributed by atoms with van der Waals surface area (Å²) in [7, 11) is 0. The minimum Gasteiger partial charge on any atom is -0.369 e. The maximum atomic E-state index is 6.48. The van der Waals surface area contributed by atoms with E-state index in [1.165, 1.54) is 24.8 Å². The van der Waals surface area contributed by atoms with Gasteiger partial charge in [-0.25, -0.2) is 0 Å². The Morgan fingerprint density at radius 1 is 1.35 bits per heavy atom. The number of alkyl halides is 1. The lowest BCUT2D eigenvalue weighted by molar-refractivity contribution is -0.0576. The first-order valence-corrected chi connectivity index (χ1v) is 9.69. The smallest absolute Gasteiger partial charge is 0.0928 e.